The lowest BCUT2D eigenvalue weighted by Crippen LogP contribution is -2.12. The van der Waals surface area contributed by atoms with E-state index in [2.05, 4.69) is 20.9 Å². The molecule has 0 aliphatic carbocycles. The summed E-state index contributed by atoms with van der Waals surface area (Å²) in [5, 5.41) is -0.0468. The van der Waals surface area contributed by atoms with Crippen LogP contribution < -0.4 is 5.69 Å². The molecule has 2 aromatic carbocycles. The van der Waals surface area contributed by atoms with Crippen molar-refractivity contribution in [3.8, 4) is 11.1 Å². The van der Waals surface area contributed by atoms with E-state index in [4.69, 9.17) is 0 Å². The molecular weight excluding hydrogens is 349 g/mol. The van der Waals surface area contributed by atoms with E-state index >= 15 is 0 Å². The molecule has 1 N–H and O–H groups in total. The molecule has 106 valence electrons. The first-order valence-electron chi connectivity index (χ1n) is 5.81. The summed E-state index contributed by atoms with van der Waals surface area (Å²) in [5.41, 5.74) is -0.598. The fourth-order valence-electron chi connectivity index (χ4n) is 2.13. The standard InChI is InChI=1S/C14H6BrF3N2O/c15-8-3-4-10-12(13(18)20-14(21)19-10)11(8)7-2-1-6(16)5-9(7)17/h1-5H,(H,19,20,21). The second kappa shape index (κ2) is 5.00. The molecule has 0 bridgehead atoms. The van der Waals surface area contributed by atoms with E-state index in [9.17, 15) is 18.0 Å². The Hall–Kier alpha value is -2.15. The van der Waals surface area contributed by atoms with Gasteiger partial charge in [0.1, 0.15) is 11.6 Å². The lowest BCUT2D eigenvalue weighted by molar-refractivity contribution is 0.584. The SMILES string of the molecule is O=c1nc2ccc(Br)c(-c3ccc(F)cc3F)c2c(F)[nH]1. The summed E-state index contributed by atoms with van der Waals surface area (Å²) in [4.78, 5) is 16.8. The zero-order chi connectivity index (χ0) is 15.1. The Morgan fingerprint density at radius 2 is 1.86 bits per heavy atom. The van der Waals surface area contributed by atoms with Gasteiger partial charge in [0.15, 0.2) is 0 Å². The van der Waals surface area contributed by atoms with Crippen LogP contribution >= 0.6 is 15.9 Å². The first-order chi connectivity index (χ1) is 9.97. The molecule has 0 saturated heterocycles. The first kappa shape index (κ1) is 13.8. The average Bonchev–Trinajstić information content (AvgIpc) is 2.40. The molecule has 0 amide bonds. The molecule has 0 unspecified atom stereocenters. The maximum absolute atomic E-state index is 14.1. The maximum Gasteiger partial charge on any atom is 0.347 e. The van der Waals surface area contributed by atoms with E-state index in [0.717, 1.165) is 6.07 Å². The van der Waals surface area contributed by atoms with Gasteiger partial charge in [-0.2, -0.15) is 9.37 Å². The Labute approximate surface area is 124 Å². The molecule has 0 aliphatic heterocycles. The van der Waals surface area contributed by atoms with Crippen molar-refractivity contribution in [3.05, 3.63) is 62.9 Å². The summed E-state index contributed by atoms with van der Waals surface area (Å²) in [6.07, 6.45) is 0. The molecule has 3 aromatic rings. The van der Waals surface area contributed by atoms with Crippen molar-refractivity contribution in [2.24, 2.45) is 0 Å². The number of halogens is 4. The number of hydrogen-bond acceptors (Lipinski definition) is 2. The van der Waals surface area contributed by atoms with E-state index in [1.54, 1.807) is 0 Å². The van der Waals surface area contributed by atoms with Gasteiger partial charge >= 0.3 is 5.69 Å². The van der Waals surface area contributed by atoms with Gasteiger partial charge in [-0.15, -0.1) is 0 Å². The van der Waals surface area contributed by atoms with Crippen LogP contribution in [0.2, 0.25) is 0 Å². The van der Waals surface area contributed by atoms with Crippen molar-refractivity contribution in [3.63, 3.8) is 0 Å². The highest BCUT2D eigenvalue weighted by atomic mass is 79.9. The topological polar surface area (TPSA) is 45.8 Å². The predicted octanol–water partition coefficient (Wildman–Crippen LogP) is 3.77. The molecule has 0 fully saturated rings. The van der Waals surface area contributed by atoms with Gasteiger partial charge in [0.25, 0.3) is 0 Å². The Morgan fingerprint density at radius 1 is 1.10 bits per heavy atom. The third-order valence-electron chi connectivity index (χ3n) is 2.99. The minimum atomic E-state index is -0.926. The van der Waals surface area contributed by atoms with Crippen molar-refractivity contribution in [1.29, 1.82) is 0 Å². The third-order valence-corrected chi connectivity index (χ3v) is 3.65. The molecule has 3 nitrogen and oxygen atoms in total. The average molecular weight is 355 g/mol. The number of nitrogens with one attached hydrogen (secondary N) is 1. The van der Waals surface area contributed by atoms with Crippen LogP contribution in [-0.2, 0) is 0 Å². The minimum Gasteiger partial charge on any atom is -0.282 e. The van der Waals surface area contributed by atoms with Crippen LogP contribution in [0.5, 0.6) is 0 Å². The maximum atomic E-state index is 14.1. The van der Waals surface area contributed by atoms with E-state index in [0.29, 0.717) is 10.5 Å². The second-order valence-electron chi connectivity index (χ2n) is 4.30. The van der Waals surface area contributed by atoms with E-state index in [1.165, 1.54) is 18.2 Å². The molecular formula is C14H6BrF3N2O. The van der Waals surface area contributed by atoms with Crippen LogP contribution in [0.15, 0.2) is 39.6 Å². The summed E-state index contributed by atoms with van der Waals surface area (Å²) < 4.78 is 41.5. The van der Waals surface area contributed by atoms with Crippen LogP contribution in [0.3, 0.4) is 0 Å². The fourth-order valence-corrected chi connectivity index (χ4v) is 2.67. The van der Waals surface area contributed by atoms with Gasteiger partial charge in [0.05, 0.1) is 10.9 Å². The van der Waals surface area contributed by atoms with E-state index in [1.807, 2.05) is 4.98 Å². The van der Waals surface area contributed by atoms with Crippen molar-refractivity contribution in [2.45, 2.75) is 0 Å². The summed E-state index contributed by atoms with van der Waals surface area (Å²) in [6, 6.07) is 5.93. The number of nitrogens with zero attached hydrogens (tertiary/aromatic N) is 1. The Kier molecular flexibility index (Phi) is 3.29. The van der Waals surface area contributed by atoms with E-state index in [-0.39, 0.29) is 22.0 Å². The Balaban J connectivity index is 2.46. The second-order valence-corrected chi connectivity index (χ2v) is 5.15. The van der Waals surface area contributed by atoms with Crippen LogP contribution in [0.4, 0.5) is 13.2 Å². The molecule has 1 aromatic heterocycles. The Bertz CT molecular complexity index is 924. The normalized spacial score (nSPS) is 11.0. The van der Waals surface area contributed by atoms with Crippen molar-refractivity contribution < 1.29 is 13.2 Å². The largest absolute Gasteiger partial charge is 0.347 e. The van der Waals surface area contributed by atoms with Crippen LogP contribution in [0, 0.1) is 17.6 Å². The summed E-state index contributed by atoms with van der Waals surface area (Å²) in [6.45, 7) is 0. The molecule has 0 atom stereocenters. The zero-order valence-corrected chi connectivity index (χ0v) is 11.8. The summed E-state index contributed by atoms with van der Waals surface area (Å²) in [7, 11) is 0. The number of hydrogen-bond donors (Lipinski definition) is 1. The van der Waals surface area contributed by atoms with Gasteiger partial charge < -0.3 is 0 Å². The molecule has 0 saturated carbocycles. The monoisotopic (exact) mass is 354 g/mol. The molecule has 0 aliphatic rings. The number of fused-ring (bicyclic) bond motifs is 1. The van der Waals surface area contributed by atoms with Crippen LogP contribution in [0.1, 0.15) is 0 Å². The van der Waals surface area contributed by atoms with Crippen molar-refractivity contribution in [2.75, 3.05) is 0 Å². The van der Waals surface area contributed by atoms with Gasteiger partial charge in [-0.05, 0) is 24.3 Å². The van der Waals surface area contributed by atoms with Crippen molar-refractivity contribution >= 4 is 26.8 Å². The van der Waals surface area contributed by atoms with Crippen LogP contribution in [0.25, 0.3) is 22.0 Å². The molecule has 7 heteroatoms. The van der Waals surface area contributed by atoms with Gasteiger partial charge in [-0.1, -0.05) is 15.9 Å². The van der Waals surface area contributed by atoms with Gasteiger partial charge in [0.2, 0.25) is 5.95 Å². The predicted molar refractivity (Wildman–Crippen MR) is 75.4 cm³/mol. The highest BCUT2D eigenvalue weighted by Crippen LogP contribution is 2.36. The van der Waals surface area contributed by atoms with Gasteiger partial charge in [-0.25, -0.2) is 13.6 Å². The molecule has 0 spiro atoms. The smallest absolute Gasteiger partial charge is 0.282 e. The van der Waals surface area contributed by atoms with Crippen LogP contribution in [-0.4, -0.2) is 9.97 Å². The number of H-pyrrole nitrogens is 1. The molecule has 1 heterocycles. The molecule has 0 radical (unpaired) electrons. The van der Waals surface area contributed by atoms with Gasteiger partial charge in [-0.3, -0.25) is 4.98 Å². The highest BCUT2D eigenvalue weighted by molar-refractivity contribution is 9.10. The number of benzene rings is 2. The number of aromatic nitrogens is 2. The summed E-state index contributed by atoms with van der Waals surface area (Å²) in [5.74, 6) is -2.50. The first-order valence-corrected chi connectivity index (χ1v) is 6.60. The lowest BCUT2D eigenvalue weighted by atomic mass is 10.0. The molecule has 3 rings (SSSR count). The number of aromatic amines is 1. The van der Waals surface area contributed by atoms with E-state index < -0.39 is 23.3 Å². The summed E-state index contributed by atoms with van der Waals surface area (Å²) >= 11 is 3.21. The number of rotatable bonds is 1. The fraction of sp³-hybridized carbons (Fsp3) is 0. The quantitative estimate of drug-likeness (QED) is 0.676. The highest BCUT2D eigenvalue weighted by Gasteiger charge is 2.17. The molecule has 21 heavy (non-hydrogen) atoms. The zero-order valence-electron chi connectivity index (χ0n) is 10.3. The Morgan fingerprint density at radius 3 is 2.57 bits per heavy atom. The lowest BCUT2D eigenvalue weighted by Gasteiger charge is -2.10. The van der Waals surface area contributed by atoms with Gasteiger partial charge in [0, 0.05) is 21.7 Å². The van der Waals surface area contributed by atoms with Crippen molar-refractivity contribution in [1.82, 2.24) is 9.97 Å². The minimum absolute atomic E-state index is 0.00150. The third kappa shape index (κ3) is 2.33.